The van der Waals surface area contributed by atoms with Gasteiger partial charge in [0, 0.05) is 44.3 Å². The summed E-state index contributed by atoms with van der Waals surface area (Å²) < 4.78 is 20.5. The van der Waals surface area contributed by atoms with Crippen LogP contribution < -0.4 is 26.8 Å². The average molecular weight is 522 g/mol. The molecule has 2 fully saturated rings. The zero-order valence-electron chi connectivity index (χ0n) is 21.2. The monoisotopic (exact) mass is 521 g/mol. The van der Waals surface area contributed by atoms with E-state index in [1.807, 2.05) is 24.3 Å². The number of carbonyl (C=O) groups is 2. The highest BCUT2D eigenvalue weighted by atomic mass is 19.1. The minimum atomic E-state index is -0.623. The molecule has 0 saturated carbocycles. The van der Waals surface area contributed by atoms with E-state index in [-0.39, 0.29) is 35.3 Å². The van der Waals surface area contributed by atoms with Gasteiger partial charge in [0.15, 0.2) is 0 Å². The average Bonchev–Trinajstić information content (AvgIpc) is 3.24. The molecule has 10 nitrogen and oxygen atoms in total. The first-order valence-corrected chi connectivity index (χ1v) is 12.7. The standard InChI is InChI=1S/C27H32FN7O3/c1-38-22-7-6-18(28)12-21(22)27(37)32-13-16-2-4-17(5-3-16)24-23(26(30)36)25(29)35(33-24)19-8-10-34(11-9-19)20-14-31-15-20/h2-7,12,19-20,31H,8-11,13-15,29H2,1H3,(H2,30,36)(H,32,37). The van der Waals surface area contributed by atoms with E-state index in [9.17, 15) is 14.0 Å². The topological polar surface area (TPSA) is 141 Å². The Morgan fingerprint density at radius 3 is 2.45 bits per heavy atom. The predicted molar refractivity (Wildman–Crippen MR) is 141 cm³/mol. The molecule has 0 bridgehead atoms. The molecule has 0 atom stereocenters. The number of nitrogens with zero attached hydrogens (tertiary/aromatic N) is 3. The number of methoxy groups -OCH3 is 1. The summed E-state index contributed by atoms with van der Waals surface area (Å²) in [7, 11) is 1.42. The van der Waals surface area contributed by atoms with Crippen molar-refractivity contribution < 1.29 is 18.7 Å². The zero-order valence-corrected chi connectivity index (χ0v) is 21.2. The van der Waals surface area contributed by atoms with Gasteiger partial charge in [0.05, 0.1) is 18.7 Å². The number of amides is 2. The fraction of sp³-hybridized carbons (Fsp3) is 0.370. The number of anilines is 1. The number of nitrogen functional groups attached to an aromatic ring is 1. The highest BCUT2D eigenvalue weighted by Gasteiger charge is 2.32. The quantitative estimate of drug-likeness (QED) is 0.355. The molecule has 5 rings (SSSR count). The number of likely N-dealkylation sites (tertiary alicyclic amines) is 1. The van der Waals surface area contributed by atoms with E-state index in [0.717, 1.165) is 50.7 Å². The molecule has 3 aromatic rings. The molecule has 2 aliphatic heterocycles. The number of nitrogens with two attached hydrogens (primary N) is 2. The molecule has 2 aromatic carbocycles. The van der Waals surface area contributed by atoms with Gasteiger partial charge in [0.1, 0.15) is 28.6 Å². The number of halogens is 1. The summed E-state index contributed by atoms with van der Waals surface area (Å²) in [5.41, 5.74) is 14.4. The predicted octanol–water partition coefficient (Wildman–Crippen LogP) is 1.92. The van der Waals surface area contributed by atoms with Crippen molar-refractivity contribution in [3.8, 4) is 17.0 Å². The first-order chi connectivity index (χ1) is 18.4. The number of hydrogen-bond acceptors (Lipinski definition) is 7. The van der Waals surface area contributed by atoms with Crippen molar-refractivity contribution >= 4 is 17.6 Å². The number of primary amides is 1. The van der Waals surface area contributed by atoms with Gasteiger partial charge in [0.25, 0.3) is 11.8 Å². The van der Waals surface area contributed by atoms with Crippen LogP contribution in [0.5, 0.6) is 5.75 Å². The number of benzene rings is 2. The van der Waals surface area contributed by atoms with Crippen molar-refractivity contribution in [1.82, 2.24) is 25.3 Å². The first-order valence-electron chi connectivity index (χ1n) is 12.7. The zero-order chi connectivity index (χ0) is 26.8. The SMILES string of the molecule is COc1ccc(F)cc1C(=O)NCc1ccc(-c2nn(C3CCN(C4CNC4)CC3)c(N)c2C(N)=O)cc1. The lowest BCUT2D eigenvalue weighted by atomic mass is 10.0. The van der Waals surface area contributed by atoms with Crippen LogP contribution in [0.1, 0.15) is 45.2 Å². The van der Waals surface area contributed by atoms with E-state index >= 15 is 0 Å². The van der Waals surface area contributed by atoms with Crippen molar-refractivity contribution in [3.05, 3.63) is 65.0 Å². The Morgan fingerprint density at radius 2 is 1.84 bits per heavy atom. The van der Waals surface area contributed by atoms with Crippen LogP contribution in [0, 0.1) is 5.82 Å². The summed E-state index contributed by atoms with van der Waals surface area (Å²) in [5, 5.41) is 10.8. The maximum absolute atomic E-state index is 13.6. The van der Waals surface area contributed by atoms with Gasteiger partial charge in [0.2, 0.25) is 0 Å². The molecule has 1 aromatic heterocycles. The third-order valence-corrected chi connectivity index (χ3v) is 7.40. The normalized spacial score (nSPS) is 16.7. The van der Waals surface area contributed by atoms with E-state index in [1.54, 1.807) is 4.68 Å². The second-order valence-corrected chi connectivity index (χ2v) is 9.72. The van der Waals surface area contributed by atoms with Gasteiger partial charge in [-0.1, -0.05) is 24.3 Å². The molecular formula is C27H32FN7O3. The van der Waals surface area contributed by atoms with Gasteiger partial charge in [-0.25, -0.2) is 9.07 Å². The fourth-order valence-electron chi connectivity index (χ4n) is 5.11. The number of carbonyl (C=O) groups excluding carboxylic acids is 2. The molecule has 0 unspecified atom stereocenters. The summed E-state index contributed by atoms with van der Waals surface area (Å²) in [6.07, 6.45) is 1.80. The van der Waals surface area contributed by atoms with Crippen LogP contribution in [0.15, 0.2) is 42.5 Å². The number of ether oxygens (including phenoxy) is 1. The van der Waals surface area contributed by atoms with Gasteiger partial charge in [-0.2, -0.15) is 5.10 Å². The second-order valence-electron chi connectivity index (χ2n) is 9.72. The van der Waals surface area contributed by atoms with Crippen LogP contribution in [0.4, 0.5) is 10.2 Å². The van der Waals surface area contributed by atoms with Crippen LogP contribution in [-0.4, -0.2) is 65.8 Å². The Bertz CT molecular complexity index is 1330. The van der Waals surface area contributed by atoms with Crippen molar-refractivity contribution in [2.45, 2.75) is 31.5 Å². The van der Waals surface area contributed by atoms with Crippen LogP contribution in [0.25, 0.3) is 11.3 Å². The third-order valence-electron chi connectivity index (χ3n) is 7.40. The van der Waals surface area contributed by atoms with Gasteiger partial charge in [-0.15, -0.1) is 0 Å². The van der Waals surface area contributed by atoms with Crippen LogP contribution in [-0.2, 0) is 6.54 Å². The molecule has 2 amide bonds. The molecule has 0 spiro atoms. The van der Waals surface area contributed by atoms with Gasteiger partial charge in [-0.05, 0) is 36.6 Å². The highest BCUT2D eigenvalue weighted by molar-refractivity contribution is 6.03. The van der Waals surface area contributed by atoms with E-state index in [0.29, 0.717) is 17.3 Å². The lowest BCUT2D eigenvalue weighted by Gasteiger charge is -2.42. The summed E-state index contributed by atoms with van der Waals surface area (Å²) in [6.45, 7) is 4.19. The molecule has 2 aliphatic rings. The number of hydrogen-bond donors (Lipinski definition) is 4. The molecule has 6 N–H and O–H groups in total. The van der Waals surface area contributed by atoms with E-state index in [4.69, 9.17) is 21.3 Å². The van der Waals surface area contributed by atoms with Crippen LogP contribution in [0.2, 0.25) is 0 Å². The van der Waals surface area contributed by atoms with Crippen molar-refractivity contribution in [3.63, 3.8) is 0 Å². The Labute approximate surface area is 220 Å². The Morgan fingerprint density at radius 1 is 1.13 bits per heavy atom. The smallest absolute Gasteiger partial charge is 0.255 e. The highest BCUT2D eigenvalue weighted by Crippen LogP contribution is 2.33. The molecule has 2 saturated heterocycles. The lowest BCUT2D eigenvalue weighted by Crippen LogP contribution is -2.58. The molecule has 38 heavy (non-hydrogen) atoms. The van der Waals surface area contributed by atoms with Crippen molar-refractivity contribution in [2.75, 3.05) is 39.0 Å². The third kappa shape index (κ3) is 5.07. The molecule has 11 heteroatoms. The number of piperidine rings is 1. The number of nitrogens with one attached hydrogen (secondary N) is 2. The van der Waals surface area contributed by atoms with E-state index < -0.39 is 17.6 Å². The van der Waals surface area contributed by atoms with Crippen molar-refractivity contribution in [1.29, 1.82) is 0 Å². The van der Waals surface area contributed by atoms with Gasteiger partial charge in [-0.3, -0.25) is 14.5 Å². The van der Waals surface area contributed by atoms with Gasteiger partial charge < -0.3 is 26.8 Å². The van der Waals surface area contributed by atoms with Crippen LogP contribution >= 0.6 is 0 Å². The summed E-state index contributed by atoms with van der Waals surface area (Å²) >= 11 is 0. The summed E-state index contributed by atoms with van der Waals surface area (Å²) in [6, 6.07) is 11.8. The van der Waals surface area contributed by atoms with E-state index in [1.165, 1.54) is 19.2 Å². The maximum atomic E-state index is 13.6. The Balaban J connectivity index is 1.29. The Hall–Kier alpha value is -3.96. The summed E-state index contributed by atoms with van der Waals surface area (Å²) in [5.74, 6) is -1.02. The maximum Gasteiger partial charge on any atom is 0.255 e. The minimum absolute atomic E-state index is 0.0976. The molecule has 0 aliphatic carbocycles. The largest absolute Gasteiger partial charge is 0.496 e. The molecular weight excluding hydrogens is 489 g/mol. The van der Waals surface area contributed by atoms with Crippen LogP contribution in [0.3, 0.4) is 0 Å². The molecule has 200 valence electrons. The van der Waals surface area contributed by atoms with Gasteiger partial charge >= 0.3 is 0 Å². The second kappa shape index (κ2) is 10.8. The van der Waals surface area contributed by atoms with Crippen molar-refractivity contribution in [2.24, 2.45) is 5.73 Å². The van der Waals surface area contributed by atoms with E-state index in [2.05, 4.69) is 15.5 Å². The lowest BCUT2D eigenvalue weighted by molar-refractivity contribution is 0.0946. The molecule has 0 radical (unpaired) electrons. The minimum Gasteiger partial charge on any atom is -0.496 e. The first kappa shape index (κ1) is 25.7. The fourth-order valence-corrected chi connectivity index (χ4v) is 5.11. The molecule has 3 heterocycles. The summed E-state index contributed by atoms with van der Waals surface area (Å²) in [4.78, 5) is 27.4. The Kier molecular flexibility index (Phi) is 7.30. The number of aromatic nitrogens is 2. The number of rotatable bonds is 8.